The van der Waals surface area contributed by atoms with Gasteiger partial charge in [-0.05, 0) is 32.2 Å². The first-order chi connectivity index (χ1) is 8.67. The first-order valence-electron chi connectivity index (χ1n) is 6.42. The maximum absolute atomic E-state index is 4.60. The van der Waals surface area contributed by atoms with E-state index in [9.17, 15) is 0 Å². The fraction of sp³-hybridized carbons (Fsp3) is 0.692. The van der Waals surface area contributed by atoms with Crippen molar-refractivity contribution in [3.63, 3.8) is 0 Å². The number of aryl methyl sites for hydroxylation is 1. The van der Waals surface area contributed by atoms with Crippen LogP contribution in [0.5, 0.6) is 0 Å². The Balaban J connectivity index is 2.67. The molecule has 0 aromatic carbocycles. The van der Waals surface area contributed by atoms with Crippen LogP contribution in [0.1, 0.15) is 24.7 Å². The topological polar surface area (TPSA) is 41.1 Å². The van der Waals surface area contributed by atoms with Crippen LogP contribution in [-0.2, 0) is 6.54 Å². The van der Waals surface area contributed by atoms with E-state index in [0.717, 1.165) is 49.1 Å². The van der Waals surface area contributed by atoms with Crippen molar-refractivity contribution in [1.29, 1.82) is 0 Å². The first kappa shape index (κ1) is 15.2. The molecule has 0 aliphatic heterocycles. The Labute approximate surface area is 115 Å². The van der Waals surface area contributed by atoms with E-state index in [2.05, 4.69) is 39.4 Å². The summed E-state index contributed by atoms with van der Waals surface area (Å²) < 4.78 is 0. The van der Waals surface area contributed by atoms with Crippen LogP contribution in [0.2, 0.25) is 0 Å². The van der Waals surface area contributed by atoms with Gasteiger partial charge in [0.15, 0.2) is 0 Å². The third-order valence-electron chi connectivity index (χ3n) is 2.60. The largest absolute Gasteiger partial charge is 0.343 e. The normalized spacial score (nSPS) is 10.7. The molecule has 102 valence electrons. The first-order valence-corrected chi connectivity index (χ1v) is 7.82. The van der Waals surface area contributed by atoms with E-state index in [1.54, 1.807) is 0 Å². The van der Waals surface area contributed by atoms with E-state index >= 15 is 0 Å². The third-order valence-corrected chi connectivity index (χ3v) is 3.19. The maximum Gasteiger partial charge on any atom is 0.225 e. The maximum atomic E-state index is 4.60. The van der Waals surface area contributed by atoms with Gasteiger partial charge in [0.05, 0.1) is 5.69 Å². The SMILES string of the molecule is CCCNCc1cc(C)nc(N(C)CCSC)n1. The van der Waals surface area contributed by atoms with Crippen molar-refractivity contribution in [2.24, 2.45) is 0 Å². The summed E-state index contributed by atoms with van der Waals surface area (Å²) in [5.74, 6) is 1.93. The predicted octanol–water partition coefficient (Wildman–Crippen LogP) is 2.08. The molecule has 1 heterocycles. The van der Waals surface area contributed by atoms with Crippen LogP contribution in [-0.4, -0.2) is 42.1 Å². The summed E-state index contributed by atoms with van der Waals surface area (Å²) in [6.07, 6.45) is 3.26. The fourth-order valence-electron chi connectivity index (χ4n) is 1.60. The van der Waals surface area contributed by atoms with Gasteiger partial charge in [-0.1, -0.05) is 6.92 Å². The molecule has 4 nitrogen and oxygen atoms in total. The second-order valence-electron chi connectivity index (χ2n) is 4.39. The smallest absolute Gasteiger partial charge is 0.225 e. The van der Waals surface area contributed by atoms with Crippen LogP contribution in [0.15, 0.2) is 6.07 Å². The summed E-state index contributed by atoms with van der Waals surface area (Å²) in [7, 11) is 2.05. The summed E-state index contributed by atoms with van der Waals surface area (Å²) in [6.45, 7) is 7.02. The highest BCUT2D eigenvalue weighted by Crippen LogP contribution is 2.09. The second kappa shape index (κ2) is 8.32. The van der Waals surface area contributed by atoms with Crippen molar-refractivity contribution in [3.8, 4) is 0 Å². The number of rotatable bonds is 8. The zero-order valence-corrected chi connectivity index (χ0v) is 12.7. The van der Waals surface area contributed by atoms with E-state index in [0.29, 0.717) is 0 Å². The van der Waals surface area contributed by atoms with Gasteiger partial charge in [-0.3, -0.25) is 0 Å². The number of hydrogen-bond donors (Lipinski definition) is 1. The molecule has 0 aliphatic rings. The lowest BCUT2D eigenvalue weighted by Crippen LogP contribution is -2.24. The molecule has 1 aromatic rings. The number of aromatic nitrogens is 2. The summed E-state index contributed by atoms with van der Waals surface area (Å²) in [5.41, 5.74) is 2.10. The van der Waals surface area contributed by atoms with Crippen molar-refractivity contribution in [1.82, 2.24) is 15.3 Å². The molecule has 5 heteroatoms. The molecule has 0 fully saturated rings. The average Bonchev–Trinajstić information content (AvgIpc) is 2.35. The molecule has 0 saturated carbocycles. The predicted molar refractivity (Wildman–Crippen MR) is 80.4 cm³/mol. The van der Waals surface area contributed by atoms with Gasteiger partial charge in [0.25, 0.3) is 0 Å². The molecule has 1 aromatic heterocycles. The minimum absolute atomic E-state index is 0.820. The molecule has 1 N–H and O–H groups in total. The molecule has 0 atom stereocenters. The molecule has 0 aliphatic carbocycles. The van der Waals surface area contributed by atoms with Crippen LogP contribution in [0, 0.1) is 6.92 Å². The van der Waals surface area contributed by atoms with Crippen LogP contribution < -0.4 is 10.2 Å². The van der Waals surface area contributed by atoms with Crippen molar-refractivity contribution in [2.45, 2.75) is 26.8 Å². The number of thioether (sulfide) groups is 1. The molecule has 0 spiro atoms. The van der Waals surface area contributed by atoms with Crippen molar-refractivity contribution in [2.75, 3.05) is 37.0 Å². The Hall–Kier alpha value is -0.810. The van der Waals surface area contributed by atoms with E-state index in [1.165, 1.54) is 0 Å². The monoisotopic (exact) mass is 268 g/mol. The summed E-state index contributed by atoms with van der Waals surface area (Å²) in [4.78, 5) is 11.2. The summed E-state index contributed by atoms with van der Waals surface area (Å²) in [5, 5.41) is 3.37. The highest BCUT2D eigenvalue weighted by Gasteiger charge is 2.06. The molecule has 18 heavy (non-hydrogen) atoms. The zero-order chi connectivity index (χ0) is 13.4. The van der Waals surface area contributed by atoms with Gasteiger partial charge >= 0.3 is 0 Å². The Morgan fingerprint density at radius 1 is 1.39 bits per heavy atom. The van der Waals surface area contributed by atoms with Crippen LogP contribution in [0.4, 0.5) is 5.95 Å². The third kappa shape index (κ3) is 5.23. The molecule has 0 bridgehead atoms. The lowest BCUT2D eigenvalue weighted by molar-refractivity contribution is 0.661. The summed E-state index contributed by atoms with van der Waals surface area (Å²) in [6, 6.07) is 2.05. The van der Waals surface area contributed by atoms with E-state index in [1.807, 2.05) is 25.7 Å². The average molecular weight is 268 g/mol. The number of nitrogens with zero attached hydrogens (tertiary/aromatic N) is 3. The Morgan fingerprint density at radius 2 is 2.17 bits per heavy atom. The van der Waals surface area contributed by atoms with Gasteiger partial charge < -0.3 is 10.2 Å². The van der Waals surface area contributed by atoms with Gasteiger partial charge in [-0.15, -0.1) is 0 Å². The Kier molecular flexibility index (Phi) is 7.05. The molecular weight excluding hydrogens is 244 g/mol. The fourth-order valence-corrected chi connectivity index (χ4v) is 2.06. The van der Waals surface area contributed by atoms with Crippen molar-refractivity contribution >= 4 is 17.7 Å². The second-order valence-corrected chi connectivity index (χ2v) is 5.38. The standard InChI is InChI=1S/C13H24N4S/c1-5-6-14-10-12-9-11(2)15-13(16-12)17(3)7-8-18-4/h9,14H,5-8,10H2,1-4H3. The number of nitrogens with one attached hydrogen (secondary N) is 1. The minimum Gasteiger partial charge on any atom is -0.343 e. The van der Waals surface area contributed by atoms with Crippen LogP contribution in [0.25, 0.3) is 0 Å². The molecule has 1 rings (SSSR count). The van der Waals surface area contributed by atoms with E-state index in [4.69, 9.17) is 0 Å². The highest BCUT2D eigenvalue weighted by molar-refractivity contribution is 7.98. The van der Waals surface area contributed by atoms with Gasteiger partial charge in [-0.25, -0.2) is 9.97 Å². The molecule has 0 radical (unpaired) electrons. The number of hydrogen-bond acceptors (Lipinski definition) is 5. The van der Waals surface area contributed by atoms with Gasteiger partial charge in [0.1, 0.15) is 0 Å². The number of anilines is 1. The van der Waals surface area contributed by atoms with Gasteiger partial charge in [-0.2, -0.15) is 11.8 Å². The van der Waals surface area contributed by atoms with Gasteiger partial charge in [0.2, 0.25) is 5.95 Å². The Bertz CT molecular complexity index is 357. The lowest BCUT2D eigenvalue weighted by atomic mass is 10.3. The highest BCUT2D eigenvalue weighted by atomic mass is 32.2. The van der Waals surface area contributed by atoms with Crippen molar-refractivity contribution < 1.29 is 0 Å². The zero-order valence-electron chi connectivity index (χ0n) is 11.9. The molecule has 0 amide bonds. The lowest BCUT2D eigenvalue weighted by Gasteiger charge is -2.17. The minimum atomic E-state index is 0.820. The summed E-state index contributed by atoms with van der Waals surface area (Å²) >= 11 is 1.84. The molecular formula is C13H24N4S. The quantitative estimate of drug-likeness (QED) is 0.731. The Morgan fingerprint density at radius 3 is 2.83 bits per heavy atom. The molecule has 0 saturated heterocycles. The molecule has 0 unspecified atom stereocenters. The van der Waals surface area contributed by atoms with Crippen LogP contribution in [0.3, 0.4) is 0 Å². The van der Waals surface area contributed by atoms with Crippen LogP contribution >= 0.6 is 11.8 Å². The van der Waals surface area contributed by atoms with Crippen molar-refractivity contribution in [3.05, 3.63) is 17.5 Å². The van der Waals surface area contributed by atoms with E-state index in [-0.39, 0.29) is 0 Å². The van der Waals surface area contributed by atoms with E-state index < -0.39 is 0 Å². The van der Waals surface area contributed by atoms with Gasteiger partial charge in [0, 0.05) is 31.6 Å².